The van der Waals surface area contributed by atoms with E-state index in [-0.39, 0.29) is 47.8 Å². The second-order valence-electron chi connectivity index (χ2n) is 8.19. The van der Waals surface area contributed by atoms with Crippen molar-refractivity contribution in [2.75, 3.05) is 26.2 Å². The van der Waals surface area contributed by atoms with Crippen molar-refractivity contribution in [3.8, 4) is 0 Å². The largest absolute Gasteiger partial charge is 0.344 e. The number of halogens is 2. The zero-order valence-electron chi connectivity index (χ0n) is 18.2. The summed E-state index contributed by atoms with van der Waals surface area (Å²) in [5, 5.41) is 3.15. The standard InChI is InChI=1S/C24H27ClFN3O3/c1-16(2)22(27-21(30)14-17-6-4-3-5-7-17)24(32)29-12-10-28(11-13-29)23(31)19-15-18(25)8-9-20(19)26/h3-9,15-16,22H,10-14H2,1-2H3,(H,27,30). The summed E-state index contributed by atoms with van der Waals surface area (Å²) in [5.74, 6) is -1.56. The molecule has 1 saturated heterocycles. The molecule has 0 aromatic heterocycles. The molecule has 170 valence electrons. The summed E-state index contributed by atoms with van der Waals surface area (Å²) < 4.78 is 14.0. The van der Waals surface area contributed by atoms with Crippen LogP contribution in [0.2, 0.25) is 5.02 Å². The third kappa shape index (κ3) is 5.85. The van der Waals surface area contributed by atoms with E-state index in [1.54, 1.807) is 4.90 Å². The molecule has 32 heavy (non-hydrogen) atoms. The molecule has 1 heterocycles. The van der Waals surface area contributed by atoms with Gasteiger partial charge < -0.3 is 15.1 Å². The van der Waals surface area contributed by atoms with Gasteiger partial charge in [0.2, 0.25) is 11.8 Å². The van der Waals surface area contributed by atoms with Crippen LogP contribution in [0.1, 0.15) is 29.8 Å². The highest BCUT2D eigenvalue weighted by molar-refractivity contribution is 6.31. The molecule has 0 bridgehead atoms. The number of hydrogen-bond acceptors (Lipinski definition) is 3. The Morgan fingerprint density at radius 1 is 1.00 bits per heavy atom. The molecule has 3 rings (SSSR count). The van der Waals surface area contributed by atoms with Gasteiger partial charge in [0.05, 0.1) is 12.0 Å². The van der Waals surface area contributed by atoms with Crippen molar-refractivity contribution >= 4 is 29.3 Å². The van der Waals surface area contributed by atoms with Crippen LogP contribution in [0.3, 0.4) is 0 Å². The molecule has 1 N–H and O–H groups in total. The molecule has 2 aromatic carbocycles. The van der Waals surface area contributed by atoms with Gasteiger partial charge in [-0.05, 0) is 29.7 Å². The molecule has 1 unspecified atom stereocenters. The molecule has 0 spiro atoms. The van der Waals surface area contributed by atoms with Gasteiger partial charge in [-0.25, -0.2) is 4.39 Å². The number of carbonyl (C=O) groups is 3. The summed E-state index contributed by atoms with van der Waals surface area (Å²) in [5.41, 5.74) is 0.797. The molecule has 0 saturated carbocycles. The van der Waals surface area contributed by atoms with Crippen LogP contribution in [0, 0.1) is 11.7 Å². The van der Waals surface area contributed by atoms with E-state index >= 15 is 0 Å². The maximum absolute atomic E-state index is 14.0. The van der Waals surface area contributed by atoms with E-state index in [4.69, 9.17) is 11.6 Å². The third-order valence-electron chi connectivity index (χ3n) is 5.49. The number of hydrogen-bond donors (Lipinski definition) is 1. The average molecular weight is 460 g/mol. The second-order valence-corrected chi connectivity index (χ2v) is 8.63. The summed E-state index contributed by atoms with van der Waals surface area (Å²) in [7, 11) is 0. The fourth-order valence-electron chi connectivity index (χ4n) is 3.68. The van der Waals surface area contributed by atoms with E-state index in [9.17, 15) is 18.8 Å². The molecule has 3 amide bonds. The number of carbonyl (C=O) groups excluding carboxylic acids is 3. The molecule has 0 aliphatic carbocycles. The second kappa shape index (κ2) is 10.6. The van der Waals surface area contributed by atoms with Gasteiger partial charge in [-0.1, -0.05) is 55.8 Å². The van der Waals surface area contributed by atoms with Crippen molar-refractivity contribution in [2.24, 2.45) is 5.92 Å². The van der Waals surface area contributed by atoms with Crippen LogP contribution in [0.15, 0.2) is 48.5 Å². The minimum Gasteiger partial charge on any atom is -0.344 e. The van der Waals surface area contributed by atoms with Crippen molar-refractivity contribution in [3.05, 3.63) is 70.5 Å². The highest BCUT2D eigenvalue weighted by atomic mass is 35.5. The van der Waals surface area contributed by atoms with E-state index < -0.39 is 17.8 Å². The van der Waals surface area contributed by atoms with E-state index in [0.717, 1.165) is 5.56 Å². The van der Waals surface area contributed by atoms with Gasteiger partial charge >= 0.3 is 0 Å². The first-order valence-electron chi connectivity index (χ1n) is 10.6. The number of nitrogens with one attached hydrogen (secondary N) is 1. The lowest BCUT2D eigenvalue weighted by atomic mass is 10.0. The van der Waals surface area contributed by atoms with Crippen LogP contribution in [0.5, 0.6) is 0 Å². The molecular weight excluding hydrogens is 433 g/mol. The first-order valence-corrected chi connectivity index (χ1v) is 11.0. The Morgan fingerprint density at radius 3 is 2.25 bits per heavy atom. The Kier molecular flexibility index (Phi) is 7.85. The van der Waals surface area contributed by atoms with E-state index in [1.165, 1.54) is 23.1 Å². The fourth-order valence-corrected chi connectivity index (χ4v) is 3.85. The minimum atomic E-state index is -0.654. The van der Waals surface area contributed by atoms with Crippen molar-refractivity contribution in [2.45, 2.75) is 26.3 Å². The predicted octanol–water partition coefficient (Wildman–Crippen LogP) is 3.15. The normalized spacial score (nSPS) is 14.9. The number of amides is 3. The maximum Gasteiger partial charge on any atom is 0.257 e. The summed E-state index contributed by atoms with van der Waals surface area (Å²) >= 11 is 5.90. The zero-order valence-corrected chi connectivity index (χ0v) is 18.9. The van der Waals surface area contributed by atoms with Gasteiger partial charge in [0.1, 0.15) is 11.9 Å². The van der Waals surface area contributed by atoms with Gasteiger partial charge in [0.25, 0.3) is 5.91 Å². The van der Waals surface area contributed by atoms with Crippen LogP contribution in [0.4, 0.5) is 4.39 Å². The van der Waals surface area contributed by atoms with Gasteiger partial charge in [-0.15, -0.1) is 0 Å². The van der Waals surface area contributed by atoms with Crippen molar-refractivity contribution in [1.82, 2.24) is 15.1 Å². The Morgan fingerprint density at radius 2 is 1.62 bits per heavy atom. The van der Waals surface area contributed by atoms with Gasteiger partial charge in [-0.3, -0.25) is 14.4 Å². The maximum atomic E-state index is 14.0. The van der Waals surface area contributed by atoms with Gasteiger partial charge in [0.15, 0.2) is 0 Å². The van der Waals surface area contributed by atoms with Crippen molar-refractivity contribution in [1.29, 1.82) is 0 Å². The SMILES string of the molecule is CC(C)C(NC(=O)Cc1ccccc1)C(=O)N1CCN(C(=O)c2cc(Cl)ccc2F)CC1. The Balaban J connectivity index is 1.59. The lowest BCUT2D eigenvalue weighted by molar-refractivity contribution is -0.138. The van der Waals surface area contributed by atoms with Crippen LogP contribution < -0.4 is 5.32 Å². The van der Waals surface area contributed by atoms with Crippen LogP contribution in [0.25, 0.3) is 0 Å². The van der Waals surface area contributed by atoms with Crippen LogP contribution in [-0.2, 0) is 16.0 Å². The number of piperazine rings is 1. The Labute approximate surface area is 192 Å². The van der Waals surface area contributed by atoms with Crippen LogP contribution in [-0.4, -0.2) is 59.7 Å². The Bertz CT molecular complexity index is 976. The van der Waals surface area contributed by atoms with E-state index in [2.05, 4.69) is 5.32 Å². The molecule has 0 radical (unpaired) electrons. The molecule has 1 aliphatic rings. The molecule has 6 nitrogen and oxygen atoms in total. The third-order valence-corrected chi connectivity index (χ3v) is 5.73. The van der Waals surface area contributed by atoms with Gasteiger partial charge in [-0.2, -0.15) is 0 Å². The monoisotopic (exact) mass is 459 g/mol. The van der Waals surface area contributed by atoms with Crippen LogP contribution >= 0.6 is 11.6 Å². The van der Waals surface area contributed by atoms with Gasteiger partial charge in [0, 0.05) is 31.2 Å². The highest BCUT2D eigenvalue weighted by Crippen LogP contribution is 2.18. The molecule has 1 aliphatic heterocycles. The molecule has 2 aromatic rings. The van der Waals surface area contributed by atoms with E-state index in [1.807, 2.05) is 44.2 Å². The van der Waals surface area contributed by atoms with Crippen molar-refractivity contribution in [3.63, 3.8) is 0 Å². The number of benzene rings is 2. The lowest BCUT2D eigenvalue weighted by Crippen LogP contribution is -2.57. The summed E-state index contributed by atoms with van der Waals surface area (Å²) in [4.78, 5) is 41.4. The smallest absolute Gasteiger partial charge is 0.257 e. The van der Waals surface area contributed by atoms with Crippen molar-refractivity contribution < 1.29 is 18.8 Å². The summed E-state index contributed by atoms with van der Waals surface area (Å²) in [6, 6.07) is 12.6. The average Bonchev–Trinajstić information content (AvgIpc) is 2.79. The quantitative estimate of drug-likeness (QED) is 0.721. The first kappa shape index (κ1) is 23.7. The molecular formula is C24H27ClFN3O3. The van der Waals surface area contributed by atoms with E-state index in [0.29, 0.717) is 13.1 Å². The highest BCUT2D eigenvalue weighted by Gasteiger charge is 2.32. The fraction of sp³-hybridized carbons (Fsp3) is 0.375. The summed E-state index contributed by atoms with van der Waals surface area (Å²) in [6.07, 6.45) is 0.199. The summed E-state index contributed by atoms with van der Waals surface area (Å²) in [6.45, 7) is 4.94. The Hall–Kier alpha value is -2.93. The number of nitrogens with zero attached hydrogens (tertiary/aromatic N) is 2. The predicted molar refractivity (Wildman–Crippen MR) is 121 cm³/mol. The minimum absolute atomic E-state index is 0.0782. The lowest BCUT2D eigenvalue weighted by Gasteiger charge is -2.37. The molecule has 1 atom stereocenters. The topological polar surface area (TPSA) is 69.7 Å². The molecule has 1 fully saturated rings. The first-order chi connectivity index (χ1) is 15.3. The zero-order chi connectivity index (χ0) is 23.3. The number of rotatable bonds is 6. The molecule has 8 heteroatoms.